The number of ether oxygens (including phenoxy) is 2. The van der Waals surface area contributed by atoms with E-state index in [1.54, 1.807) is 24.3 Å². The highest BCUT2D eigenvalue weighted by Gasteiger charge is 2.19. The lowest BCUT2D eigenvalue weighted by molar-refractivity contribution is 0.0434. The number of hydrogen-bond donors (Lipinski definition) is 0. The van der Waals surface area contributed by atoms with Crippen LogP contribution in [0.15, 0.2) is 24.3 Å². The molecule has 0 saturated heterocycles. The van der Waals surface area contributed by atoms with Gasteiger partial charge in [0.05, 0.1) is 24.3 Å². The van der Waals surface area contributed by atoms with Gasteiger partial charge >= 0.3 is 11.9 Å². The molecule has 0 aliphatic heterocycles. The summed E-state index contributed by atoms with van der Waals surface area (Å²) in [7, 11) is 0. The molecule has 1 aromatic carbocycles. The second-order valence-corrected chi connectivity index (χ2v) is 8.86. The summed E-state index contributed by atoms with van der Waals surface area (Å²) in [5.41, 5.74) is 0.554. The summed E-state index contributed by atoms with van der Waals surface area (Å²) in [4.78, 5) is 24.9. The fourth-order valence-corrected chi connectivity index (χ4v) is 3.55. The van der Waals surface area contributed by atoms with Crippen LogP contribution < -0.4 is 0 Å². The molecule has 4 heteroatoms. The molecule has 0 fully saturated rings. The van der Waals surface area contributed by atoms with Gasteiger partial charge in [0.25, 0.3) is 0 Å². The van der Waals surface area contributed by atoms with Crippen LogP contribution in [0.1, 0.15) is 87.9 Å². The molecule has 0 heterocycles. The number of benzene rings is 1. The molecule has 0 N–H and O–H groups in total. The van der Waals surface area contributed by atoms with Crippen molar-refractivity contribution < 1.29 is 19.1 Å². The molecule has 0 bridgehead atoms. The predicted molar refractivity (Wildman–Crippen MR) is 113 cm³/mol. The Bertz CT molecular complexity index is 553. The number of rotatable bonds is 12. The maximum absolute atomic E-state index is 12.4. The van der Waals surface area contributed by atoms with E-state index < -0.39 is 11.9 Å². The Labute approximate surface area is 171 Å². The van der Waals surface area contributed by atoms with Crippen molar-refractivity contribution in [3.05, 3.63) is 35.4 Å². The SMILES string of the molecule is CC(C)CC(C)CCOC(=O)c1ccccc1C(=O)OCCC(C)CC(C)C. The molecule has 28 heavy (non-hydrogen) atoms. The van der Waals surface area contributed by atoms with E-state index in [-0.39, 0.29) is 11.1 Å². The molecule has 0 aromatic heterocycles. The van der Waals surface area contributed by atoms with Crippen molar-refractivity contribution in [3.63, 3.8) is 0 Å². The largest absolute Gasteiger partial charge is 0.462 e. The monoisotopic (exact) mass is 390 g/mol. The Balaban J connectivity index is 2.56. The Morgan fingerprint density at radius 1 is 0.714 bits per heavy atom. The Morgan fingerprint density at radius 3 is 1.39 bits per heavy atom. The Kier molecular flexibility index (Phi) is 10.9. The van der Waals surface area contributed by atoms with Crippen LogP contribution in [-0.2, 0) is 9.47 Å². The van der Waals surface area contributed by atoms with E-state index in [4.69, 9.17) is 9.47 Å². The quantitative estimate of drug-likeness (QED) is 0.402. The van der Waals surface area contributed by atoms with Crippen molar-refractivity contribution in [1.82, 2.24) is 0 Å². The van der Waals surface area contributed by atoms with Gasteiger partial charge in [0.1, 0.15) is 0 Å². The Morgan fingerprint density at radius 2 is 1.07 bits per heavy atom. The third-order valence-corrected chi connectivity index (χ3v) is 4.80. The first-order valence-corrected chi connectivity index (χ1v) is 10.6. The molecular weight excluding hydrogens is 352 g/mol. The average molecular weight is 391 g/mol. The van der Waals surface area contributed by atoms with Gasteiger partial charge in [-0.05, 0) is 61.5 Å². The summed E-state index contributed by atoms with van der Waals surface area (Å²) in [6.07, 6.45) is 3.86. The normalized spacial score (nSPS) is 13.4. The van der Waals surface area contributed by atoms with E-state index in [0.29, 0.717) is 36.9 Å². The molecule has 158 valence electrons. The van der Waals surface area contributed by atoms with Gasteiger partial charge in [-0.15, -0.1) is 0 Å². The molecule has 0 saturated carbocycles. The minimum Gasteiger partial charge on any atom is -0.462 e. The lowest BCUT2D eigenvalue weighted by atomic mass is 9.96. The highest BCUT2D eigenvalue weighted by Crippen LogP contribution is 2.17. The molecule has 1 rings (SSSR count). The average Bonchev–Trinajstić information content (AvgIpc) is 2.60. The molecule has 0 amide bonds. The second kappa shape index (κ2) is 12.6. The van der Waals surface area contributed by atoms with Crippen LogP contribution in [0.2, 0.25) is 0 Å². The first kappa shape index (κ1) is 24.2. The van der Waals surface area contributed by atoms with Gasteiger partial charge in [-0.2, -0.15) is 0 Å². The van der Waals surface area contributed by atoms with Crippen LogP contribution in [0, 0.1) is 23.7 Å². The molecular formula is C24H38O4. The molecule has 0 aliphatic rings. The van der Waals surface area contributed by atoms with Crippen molar-refractivity contribution in [3.8, 4) is 0 Å². The smallest absolute Gasteiger partial charge is 0.339 e. The summed E-state index contributed by atoms with van der Waals surface area (Å²) >= 11 is 0. The number of esters is 2. The Hall–Kier alpha value is -1.84. The maximum atomic E-state index is 12.4. The zero-order valence-electron chi connectivity index (χ0n) is 18.5. The van der Waals surface area contributed by atoms with Gasteiger partial charge in [-0.25, -0.2) is 9.59 Å². The minimum atomic E-state index is -0.461. The molecule has 2 atom stereocenters. The second-order valence-electron chi connectivity index (χ2n) is 8.86. The third-order valence-electron chi connectivity index (χ3n) is 4.80. The van der Waals surface area contributed by atoms with Crippen molar-refractivity contribution in [2.24, 2.45) is 23.7 Å². The zero-order chi connectivity index (χ0) is 21.1. The topological polar surface area (TPSA) is 52.6 Å². The van der Waals surface area contributed by atoms with Gasteiger partial charge < -0.3 is 9.47 Å². The van der Waals surface area contributed by atoms with Crippen LogP contribution in [0.5, 0.6) is 0 Å². The van der Waals surface area contributed by atoms with Crippen LogP contribution >= 0.6 is 0 Å². The summed E-state index contributed by atoms with van der Waals surface area (Å²) in [6, 6.07) is 6.72. The number of carbonyl (C=O) groups is 2. The summed E-state index contributed by atoms with van der Waals surface area (Å²) in [5, 5.41) is 0. The van der Waals surface area contributed by atoms with E-state index in [0.717, 1.165) is 25.7 Å². The predicted octanol–water partition coefficient (Wildman–Crippen LogP) is 6.14. The van der Waals surface area contributed by atoms with Gasteiger partial charge in [-0.1, -0.05) is 53.7 Å². The van der Waals surface area contributed by atoms with Gasteiger partial charge in [-0.3, -0.25) is 0 Å². The summed E-state index contributed by atoms with van der Waals surface area (Å²) < 4.78 is 10.8. The van der Waals surface area contributed by atoms with Crippen molar-refractivity contribution in [2.75, 3.05) is 13.2 Å². The molecule has 1 aromatic rings. The van der Waals surface area contributed by atoms with E-state index in [2.05, 4.69) is 41.5 Å². The van der Waals surface area contributed by atoms with E-state index in [1.807, 2.05) is 0 Å². The molecule has 4 nitrogen and oxygen atoms in total. The lowest BCUT2D eigenvalue weighted by Crippen LogP contribution is -2.16. The lowest BCUT2D eigenvalue weighted by Gasteiger charge is -2.15. The standard InChI is InChI=1S/C24H38O4/c1-17(2)15-19(5)11-13-27-23(25)21-9-7-8-10-22(21)24(26)28-14-12-20(6)16-18(3)4/h7-10,17-20H,11-16H2,1-6H3. The van der Waals surface area contributed by atoms with Crippen LogP contribution in [0.3, 0.4) is 0 Å². The van der Waals surface area contributed by atoms with E-state index in [1.165, 1.54) is 0 Å². The zero-order valence-corrected chi connectivity index (χ0v) is 18.5. The van der Waals surface area contributed by atoms with E-state index in [9.17, 15) is 9.59 Å². The van der Waals surface area contributed by atoms with Gasteiger partial charge in [0, 0.05) is 0 Å². The van der Waals surface area contributed by atoms with Crippen molar-refractivity contribution >= 4 is 11.9 Å². The first-order valence-electron chi connectivity index (χ1n) is 10.6. The van der Waals surface area contributed by atoms with Crippen LogP contribution in [-0.4, -0.2) is 25.2 Å². The molecule has 0 radical (unpaired) electrons. The summed E-state index contributed by atoms with van der Waals surface area (Å²) in [6.45, 7) is 13.8. The summed E-state index contributed by atoms with van der Waals surface area (Å²) in [5.74, 6) is 1.34. The highest BCUT2D eigenvalue weighted by molar-refractivity contribution is 6.03. The van der Waals surface area contributed by atoms with Crippen molar-refractivity contribution in [2.45, 2.75) is 67.2 Å². The maximum Gasteiger partial charge on any atom is 0.339 e. The van der Waals surface area contributed by atoms with Crippen LogP contribution in [0.4, 0.5) is 0 Å². The molecule has 0 spiro atoms. The molecule has 2 unspecified atom stereocenters. The molecule has 0 aliphatic carbocycles. The number of hydrogen-bond acceptors (Lipinski definition) is 4. The van der Waals surface area contributed by atoms with Gasteiger partial charge in [0.2, 0.25) is 0 Å². The fraction of sp³-hybridized carbons (Fsp3) is 0.667. The van der Waals surface area contributed by atoms with Crippen LogP contribution in [0.25, 0.3) is 0 Å². The minimum absolute atomic E-state index is 0.277. The van der Waals surface area contributed by atoms with Gasteiger partial charge in [0.15, 0.2) is 0 Å². The highest BCUT2D eigenvalue weighted by atomic mass is 16.5. The number of carbonyl (C=O) groups excluding carboxylic acids is 2. The third kappa shape index (κ3) is 9.38. The van der Waals surface area contributed by atoms with Crippen molar-refractivity contribution in [1.29, 1.82) is 0 Å². The fourth-order valence-electron chi connectivity index (χ4n) is 3.55. The van der Waals surface area contributed by atoms with E-state index >= 15 is 0 Å². The first-order chi connectivity index (χ1) is 13.2.